The van der Waals surface area contributed by atoms with E-state index in [2.05, 4.69) is 40.2 Å². The molecule has 2 aliphatic rings. The number of rotatable bonds is 2. The number of nitrogens with zero attached hydrogens (tertiary/aromatic N) is 5. The van der Waals surface area contributed by atoms with Crippen molar-refractivity contribution in [2.24, 2.45) is 10.9 Å². The van der Waals surface area contributed by atoms with Gasteiger partial charge in [-0.05, 0) is 50.7 Å². The van der Waals surface area contributed by atoms with E-state index >= 15 is 0 Å². The molecule has 0 bridgehead atoms. The van der Waals surface area contributed by atoms with Crippen molar-refractivity contribution in [1.82, 2.24) is 19.6 Å². The lowest BCUT2D eigenvalue weighted by atomic mass is 9.79. The van der Waals surface area contributed by atoms with Crippen molar-refractivity contribution in [3.05, 3.63) is 48.4 Å². The monoisotopic (exact) mass is 360 g/mol. The van der Waals surface area contributed by atoms with E-state index < -0.39 is 0 Å². The summed E-state index contributed by atoms with van der Waals surface area (Å²) in [5, 5.41) is 4.24. The second-order valence-electron chi connectivity index (χ2n) is 7.43. The van der Waals surface area contributed by atoms with Crippen LogP contribution >= 0.6 is 0 Å². The number of hydrogen-bond acceptors (Lipinski definition) is 5. The van der Waals surface area contributed by atoms with E-state index in [-0.39, 0.29) is 7.37 Å². The molecular weight excluding hydrogens is 336 g/mol. The second kappa shape index (κ2) is 6.30. The van der Waals surface area contributed by atoms with Gasteiger partial charge < -0.3 is 5.73 Å². The highest BCUT2D eigenvalue weighted by atomic mass is 15.3. The Kier molecular flexibility index (Phi) is 3.77. The number of pyridine rings is 1. The summed E-state index contributed by atoms with van der Waals surface area (Å²) in [6.07, 6.45) is 14.9. The third-order valence-electron chi connectivity index (χ3n) is 5.75. The number of hydrogen-bond donors (Lipinski definition) is 1. The van der Waals surface area contributed by atoms with Crippen molar-refractivity contribution in [1.29, 1.82) is 0 Å². The number of anilines is 1. The molecule has 0 spiro atoms. The zero-order valence-electron chi connectivity index (χ0n) is 15.3. The Labute approximate surface area is 159 Å². The minimum absolute atomic E-state index is 0. The van der Waals surface area contributed by atoms with Gasteiger partial charge in [-0.15, -0.1) is 5.10 Å². The maximum absolute atomic E-state index is 5.70. The molecule has 4 heterocycles. The molecule has 1 atom stereocenters. The van der Waals surface area contributed by atoms with Gasteiger partial charge in [0.2, 0.25) is 5.95 Å². The van der Waals surface area contributed by atoms with Gasteiger partial charge in [0.25, 0.3) is 0 Å². The van der Waals surface area contributed by atoms with Crippen molar-refractivity contribution in [3.8, 4) is 11.1 Å². The molecule has 5 rings (SSSR count). The minimum atomic E-state index is 0. The number of fused-ring (bicyclic) bond motifs is 2. The summed E-state index contributed by atoms with van der Waals surface area (Å²) in [4.78, 5) is 13.6. The smallest absolute Gasteiger partial charge is 0.238 e. The average Bonchev–Trinajstić information content (AvgIpc) is 3.10. The van der Waals surface area contributed by atoms with Gasteiger partial charge in [-0.25, -0.2) is 19.5 Å². The van der Waals surface area contributed by atoms with Crippen molar-refractivity contribution in [2.45, 2.75) is 38.5 Å². The quantitative estimate of drug-likeness (QED) is 0.680. The normalized spacial score (nSPS) is 19.9. The van der Waals surface area contributed by atoms with E-state index in [1.807, 2.05) is 18.5 Å². The van der Waals surface area contributed by atoms with Crippen molar-refractivity contribution in [2.75, 3.05) is 5.73 Å². The van der Waals surface area contributed by atoms with Gasteiger partial charge in [0.1, 0.15) is 0 Å². The fourth-order valence-corrected chi connectivity index (χ4v) is 4.49. The molecule has 6 heteroatoms. The van der Waals surface area contributed by atoms with Gasteiger partial charge in [-0.2, -0.15) is 0 Å². The second-order valence-corrected chi connectivity index (χ2v) is 7.43. The van der Waals surface area contributed by atoms with E-state index in [9.17, 15) is 0 Å². The molecule has 2 N–H and O–H groups in total. The first-order valence-electron chi connectivity index (χ1n) is 9.51. The summed E-state index contributed by atoms with van der Waals surface area (Å²) in [6, 6.07) is 4.30. The van der Waals surface area contributed by atoms with E-state index in [0.29, 0.717) is 11.8 Å². The van der Waals surface area contributed by atoms with Crippen LogP contribution in [0.15, 0.2) is 47.9 Å². The zero-order chi connectivity index (χ0) is 18.4. The molecule has 0 aromatic carbocycles. The molecular formula is C21H24N6. The van der Waals surface area contributed by atoms with Gasteiger partial charge in [0.05, 0.1) is 11.7 Å². The zero-order valence-corrected chi connectivity index (χ0v) is 15.3. The molecule has 0 saturated heterocycles. The van der Waals surface area contributed by atoms with Crippen molar-refractivity contribution < 1.29 is 1.43 Å². The van der Waals surface area contributed by atoms with Crippen molar-refractivity contribution in [3.63, 3.8) is 0 Å². The lowest BCUT2D eigenvalue weighted by Crippen LogP contribution is -2.17. The Bertz CT molecular complexity index is 1070. The first-order chi connectivity index (χ1) is 13.2. The van der Waals surface area contributed by atoms with Crippen LogP contribution in [0.1, 0.15) is 45.5 Å². The third-order valence-corrected chi connectivity index (χ3v) is 5.75. The standard InChI is InChI=1S/C21H22N6.H2/c1-13-19(14-6-4-2-3-5-7-14)17-10-15(11-23-20(17)25-13)16-8-9-27-18(16)12-24-21(22)26-27;/h2-3,8-12,14,19H,4-7H2,1H3,(H2,22,26);1H. The molecule has 1 aliphatic carbocycles. The predicted molar refractivity (Wildman–Crippen MR) is 109 cm³/mol. The van der Waals surface area contributed by atoms with E-state index in [1.165, 1.54) is 24.1 Å². The Hall–Kier alpha value is -3.02. The summed E-state index contributed by atoms with van der Waals surface area (Å²) in [7, 11) is 0. The van der Waals surface area contributed by atoms with E-state index in [0.717, 1.165) is 35.3 Å². The maximum Gasteiger partial charge on any atom is 0.238 e. The Balaban J connectivity index is 0.00000192. The number of allylic oxidation sites excluding steroid dienone is 2. The van der Waals surface area contributed by atoms with Gasteiger partial charge in [0, 0.05) is 42.1 Å². The molecule has 0 saturated carbocycles. The Morgan fingerprint density at radius 2 is 1.96 bits per heavy atom. The summed E-state index contributed by atoms with van der Waals surface area (Å²) in [5.41, 5.74) is 11.2. The van der Waals surface area contributed by atoms with E-state index in [1.54, 1.807) is 10.7 Å². The predicted octanol–water partition coefficient (Wildman–Crippen LogP) is 4.56. The molecule has 0 fully saturated rings. The van der Waals surface area contributed by atoms with Crippen LogP contribution < -0.4 is 5.73 Å². The van der Waals surface area contributed by atoms with Crippen LogP contribution in [0.3, 0.4) is 0 Å². The highest BCUT2D eigenvalue weighted by Gasteiger charge is 2.32. The third kappa shape index (κ3) is 2.72. The molecule has 6 nitrogen and oxygen atoms in total. The Morgan fingerprint density at radius 3 is 2.78 bits per heavy atom. The van der Waals surface area contributed by atoms with Crippen LogP contribution in [-0.4, -0.2) is 25.3 Å². The first-order valence-corrected chi connectivity index (χ1v) is 9.51. The number of nitrogens with two attached hydrogens (primary N) is 1. The van der Waals surface area contributed by atoms with Crippen LogP contribution in [0.2, 0.25) is 0 Å². The topological polar surface area (TPSA) is 81.5 Å². The molecule has 1 unspecified atom stereocenters. The molecule has 0 radical (unpaired) electrons. The minimum Gasteiger partial charge on any atom is -0.367 e. The molecule has 3 aromatic rings. The lowest BCUT2D eigenvalue weighted by Gasteiger charge is -2.23. The number of aromatic nitrogens is 4. The summed E-state index contributed by atoms with van der Waals surface area (Å²) >= 11 is 0. The molecule has 27 heavy (non-hydrogen) atoms. The molecule has 0 amide bonds. The average molecular weight is 360 g/mol. The number of aliphatic imine (C=N–C) groups is 1. The van der Waals surface area contributed by atoms with Crippen LogP contribution in [0.25, 0.3) is 16.6 Å². The lowest BCUT2D eigenvalue weighted by molar-refractivity contribution is 0.442. The van der Waals surface area contributed by atoms with Crippen LogP contribution in [0.4, 0.5) is 11.8 Å². The number of nitrogen functional groups attached to an aromatic ring is 1. The Morgan fingerprint density at radius 1 is 1.15 bits per heavy atom. The fraction of sp³-hybridized carbons (Fsp3) is 0.333. The SMILES string of the molecule is CC1=Nc2ncc(-c3ccn4nc(N)ncc34)cc2C1C1CCC=CCC1.[HH]. The van der Waals surface area contributed by atoms with Gasteiger partial charge in [-0.1, -0.05) is 12.2 Å². The van der Waals surface area contributed by atoms with E-state index in [4.69, 9.17) is 10.7 Å². The highest BCUT2D eigenvalue weighted by molar-refractivity contribution is 5.96. The largest absolute Gasteiger partial charge is 0.367 e. The summed E-state index contributed by atoms with van der Waals surface area (Å²) in [5.74, 6) is 2.13. The first kappa shape index (κ1) is 16.2. The fourth-order valence-electron chi connectivity index (χ4n) is 4.49. The molecule has 1 aliphatic heterocycles. The molecule has 138 valence electrons. The van der Waals surface area contributed by atoms with Gasteiger partial charge in [0.15, 0.2) is 5.82 Å². The summed E-state index contributed by atoms with van der Waals surface area (Å²) in [6.45, 7) is 2.15. The maximum atomic E-state index is 5.70. The van der Waals surface area contributed by atoms with Crippen molar-refractivity contribution >= 4 is 23.0 Å². The van der Waals surface area contributed by atoms with Crippen LogP contribution in [-0.2, 0) is 0 Å². The van der Waals surface area contributed by atoms with Gasteiger partial charge in [-0.3, -0.25) is 0 Å². The van der Waals surface area contributed by atoms with Crippen LogP contribution in [0.5, 0.6) is 0 Å². The summed E-state index contributed by atoms with van der Waals surface area (Å²) < 4.78 is 1.76. The highest BCUT2D eigenvalue weighted by Crippen LogP contribution is 2.44. The molecule has 3 aromatic heterocycles. The van der Waals surface area contributed by atoms with Crippen LogP contribution in [0, 0.1) is 5.92 Å². The van der Waals surface area contributed by atoms with Gasteiger partial charge >= 0.3 is 0 Å².